The third kappa shape index (κ3) is 1.61. The molecule has 1 saturated carbocycles. The van der Waals surface area contributed by atoms with Crippen LogP contribution in [0.1, 0.15) is 41.5 Å². The summed E-state index contributed by atoms with van der Waals surface area (Å²) in [5.74, 6) is -0.763. The SMILES string of the molecule is Cc1cc(C#N)cc(C2(C(=O)O)CCC2)c1C. The van der Waals surface area contributed by atoms with Crippen LogP contribution >= 0.6 is 0 Å². The minimum absolute atomic E-state index is 0.552. The summed E-state index contributed by atoms with van der Waals surface area (Å²) in [4.78, 5) is 11.5. The van der Waals surface area contributed by atoms with E-state index in [9.17, 15) is 9.90 Å². The van der Waals surface area contributed by atoms with E-state index in [4.69, 9.17) is 5.26 Å². The molecule has 0 spiro atoms. The standard InChI is InChI=1S/C14H15NO2/c1-9-6-11(8-15)7-12(10(9)2)14(13(16)17)4-3-5-14/h6-7H,3-5H2,1-2H3,(H,16,17). The zero-order valence-electron chi connectivity index (χ0n) is 10.1. The Labute approximate surface area is 101 Å². The number of aliphatic carboxylic acids is 1. The van der Waals surface area contributed by atoms with Gasteiger partial charge in [-0.2, -0.15) is 5.26 Å². The minimum atomic E-state index is -0.763. The summed E-state index contributed by atoms with van der Waals surface area (Å²) in [5.41, 5.74) is 2.63. The van der Waals surface area contributed by atoms with Crippen LogP contribution in [-0.2, 0) is 10.2 Å². The quantitative estimate of drug-likeness (QED) is 0.848. The van der Waals surface area contributed by atoms with Gasteiger partial charge in [-0.1, -0.05) is 6.42 Å². The van der Waals surface area contributed by atoms with E-state index in [1.165, 1.54) is 0 Å². The van der Waals surface area contributed by atoms with Gasteiger partial charge < -0.3 is 5.11 Å². The Bertz CT molecular complexity index is 522. The van der Waals surface area contributed by atoms with E-state index >= 15 is 0 Å². The average molecular weight is 229 g/mol. The molecule has 3 nitrogen and oxygen atoms in total. The number of carboxylic acid groups (broad SMARTS) is 1. The van der Waals surface area contributed by atoms with Crippen LogP contribution in [0.25, 0.3) is 0 Å². The van der Waals surface area contributed by atoms with E-state index in [2.05, 4.69) is 6.07 Å². The van der Waals surface area contributed by atoms with Crippen molar-refractivity contribution in [3.63, 3.8) is 0 Å². The molecular formula is C14H15NO2. The normalized spacial score (nSPS) is 17.0. The van der Waals surface area contributed by atoms with Crippen molar-refractivity contribution in [1.29, 1.82) is 5.26 Å². The molecule has 0 aliphatic heterocycles. The third-order valence-electron chi connectivity index (χ3n) is 3.93. The second kappa shape index (κ2) is 3.89. The monoisotopic (exact) mass is 229 g/mol. The average Bonchev–Trinajstić information content (AvgIpc) is 2.21. The Morgan fingerprint density at radius 2 is 2.06 bits per heavy atom. The van der Waals surface area contributed by atoms with Gasteiger partial charge in [0, 0.05) is 0 Å². The van der Waals surface area contributed by atoms with Crippen LogP contribution in [0.5, 0.6) is 0 Å². The number of aryl methyl sites for hydroxylation is 1. The van der Waals surface area contributed by atoms with Crippen LogP contribution < -0.4 is 0 Å². The Morgan fingerprint density at radius 3 is 2.47 bits per heavy atom. The molecule has 0 unspecified atom stereocenters. The maximum absolute atomic E-state index is 11.5. The number of nitriles is 1. The molecule has 88 valence electrons. The van der Waals surface area contributed by atoms with Crippen molar-refractivity contribution >= 4 is 5.97 Å². The van der Waals surface area contributed by atoms with Crippen molar-refractivity contribution in [2.75, 3.05) is 0 Å². The lowest BCUT2D eigenvalue weighted by atomic mass is 9.63. The maximum atomic E-state index is 11.5. The molecule has 1 aromatic rings. The van der Waals surface area contributed by atoms with Gasteiger partial charge in [-0.3, -0.25) is 4.79 Å². The van der Waals surface area contributed by atoms with E-state index in [1.807, 2.05) is 19.9 Å². The number of rotatable bonds is 2. The molecule has 1 N–H and O–H groups in total. The molecular weight excluding hydrogens is 214 g/mol. The number of benzene rings is 1. The summed E-state index contributed by atoms with van der Waals surface area (Å²) < 4.78 is 0. The van der Waals surface area contributed by atoms with Crippen LogP contribution in [0.4, 0.5) is 0 Å². The van der Waals surface area contributed by atoms with E-state index in [1.54, 1.807) is 6.07 Å². The number of carbonyl (C=O) groups is 1. The summed E-state index contributed by atoms with van der Waals surface area (Å²) in [6.45, 7) is 3.86. The molecule has 17 heavy (non-hydrogen) atoms. The molecule has 0 atom stereocenters. The summed E-state index contributed by atoms with van der Waals surface area (Å²) in [7, 11) is 0. The second-order valence-corrected chi connectivity index (χ2v) is 4.82. The van der Waals surface area contributed by atoms with Gasteiger partial charge in [0.2, 0.25) is 0 Å². The Balaban J connectivity index is 2.62. The topological polar surface area (TPSA) is 61.1 Å². The lowest BCUT2D eigenvalue weighted by Gasteiger charge is -2.39. The van der Waals surface area contributed by atoms with Gasteiger partial charge in [0.05, 0.1) is 17.0 Å². The summed E-state index contributed by atoms with van der Waals surface area (Å²) in [6.07, 6.45) is 2.30. The first-order valence-electron chi connectivity index (χ1n) is 5.76. The molecule has 3 heteroatoms. The second-order valence-electron chi connectivity index (χ2n) is 4.82. The molecule has 1 aliphatic carbocycles. The molecule has 0 heterocycles. The smallest absolute Gasteiger partial charge is 0.314 e. The predicted molar refractivity (Wildman–Crippen MR) is 63.8 cm³/mol. The first-order chi connectivity index (χ1) is 8.01. The van der Waals surface area contributed by atoms with Crippen LogP contribution in [-0.4, -0.2) is 11.1 Å². The maximum Gasteiger partial charge on any atom is 0.314 e. The number of carboxylic acids is 1. The highest BCUT2D eigenvalue weighted by atomic mass is 16.4. The van der Waals surface area contributed by atoms with E-state index < -0.39 is 11.4 Å². The third-order valence-corrected chi connectivity index (χ3v) is 3.93. The van der Waals surface area contributed by atoms with Crippen molar-refractivity contribution in [1.82, 2.24) is 0 Å². The van der Waals surface area contributed by atoms with Gasteiger partial charge in [-0.25, -0.2) is 0 Å². The molecule has 0 saturated heterocycles. The van der Waals surface area contributed by atoms with E-state index in [0.717, 1.165) is 23.1 Å². The molecule has 2 rings (SSSR count). The lowest BCUT2D eigenvalue weighted by molar-refractivity contribution is -0.147. The van der Waals surface area contributed by atoms with Gasteiger partial charge in [0.1, 0.15) is 0 Å². The molecule has 1 aromatic carbocycles. The fourth-order valence-electron chi connectivity index (χ4n) is 2.55. The van der Waals surface area contributed by atoms with Crippen molar-refractivity contribution < 1.29 is 9.90 Å². The highest BCUT2D eigenvalue weighted by Gasteiger charge is 2.47. The zero-order valence-corrected chi connectivity index (χ0v) is 10.1. The Hall–Kier alpha value is -1.82. The van der Waals surface area contributed by atoms with Crippen LogP contribution in [0.2, 0.25) is 0 Å². The van der Waals surface area contributed by atoms with Crippen molar-refractivity contribution in [2.45, 2.75) is 38.5 Å². The number of hydrogen-bond donors (Lipinski definition) is 1. The Morgan fingerprint density at radius 1 is 1.41 bits per heavy atom. The number of hydrogen-bond acceptors (Lipinski definition) is 2. The van der Waals surface area contributed by atoms with Crippen LogP contribution in [0, 0.1) is 25.2 Å². The zero-order chi connectivity index (χ0) is 12.6. The van der Waals surface area contributed by atoms with Gasteiger partial charge >= 0.3 is 5.97 Å². The van der Waals surface area contributed by atoms with Crippen molar-refractivity contribution in [3.8, 4) is 6.07 Å². The largest absolute Gasteiger partial charge is 0.481 e. The van der Waals surface area contributed by atoms with Gasteiger partial charge in [-0.05, 0) is 55.5 Å². The molecule has 0 aromatic heterocycles. The highest BCUT2D eigenvalue weighted by molar-refractivity contribution is 5.83. The lowest BCUT2D eigenvalue weighted by Crippen LogP contribution is -2.43. The predicted octanol–water partition coefficient (Wildman–Crippen LogP) is 2.68. The van der Waals surface area contributed by atoms with E-state index in [-0.39, 0.29) is 0 Å². The van der Waals surface area contributed by atoms with E-state index in [0.29, 0.717) is 18.4 Å². The highest BCUT2D eigenvalue weighted by Crippen LogP contribution is 2.45. The molecule has 0 amide bonds. The molecule has 0 bridgehead atoms. The summed E-state index contributed by atoms with van der Waals surface area (Å²) in [6, 6.07) is 5.66. The first kappa shape index (κ1) is 11.7. The van der Waals surface area contributed by atoms with Crippen LogP contribution in [0.15, 0.2) is 12.1 Å². The van der Waals surface area contributed by atoms with Gasteiger partial charge in [0.25, 0.3) is 0 Å². The van der Waals surface area contributed by atoms with Gasteiger partial charge in [0.15, 0.2) is 0 Å². The first-order valence-corrected chi connectivity index (χ1v) is 5.76. The fraction of sp³-hybridized carbons (Fsp3) is 0.429. The van der Waals surface area contributed by atoms with Crippen LogP contribution in [0.3, 0.4) is 0 Å². The van der Waals surface area contributed by atoms with Gasteiger partial charge in [-0.15, -0.1) is 0 Å². The van der Waals surface area contributed by atoms with Crippen molar-refractivity contribution in [2.24, 2.45) is 0 Å². The van der Waals surface area contributed by atoms with Crippen molar-refractivity contribution in [3.05, 3.63) is 34.4 Å². The summed E-state index contributed by atoms with van der Waals surface area (Å²) in [5, 5.41) is 18.4. The minimum Gasteiger partial charge on any atom is -0.481 e. The molecule has 1 fully saturated rings. The number of nitrogens with zero attached hydrogens (tertiary/aromatic N) is 1. The summed E-state index contributed by atoms with van der Waals surface area (Å²) >= 11 is 0. The molecule has 1 aliphatic rings. The fourth-order valence-corrected chi connectivity index (χ4v) is 2.55. The Kier molecular flexibility index (Phi) is 2.66. The molecule has 0 radical (unpaired) electrons.